The van der Waals surface area contributed by atoms with Gasteiger partial charge in [0.25, 0.3) is 10.2 Å². The van der Waals surface area contributed by atoms with Gasteiger partial charge in [-0.3, -0.25) is 14.6 Å². The van der Waals surface area contributed by atoms with Gasteiger partial charge in [0.15, 0.2) is 0 Å². The minimum Gasteiger partial charge on any atom is -0.369 e. The SMILES string of the molecule is CC(=O)Nc1cnc2cc(N3CCN(S(=O)(=O)N4CCC5(CC4)CN(C4CC4)C(=O)CO5)CC3)ccc2c1. The number of aromatic nitrogens is 1. The third kappa shape index (κ3) is 4.97. The predicted octanol–water partition coefficient (Wildman–Crippen LogP) is 1.42. The molecular formula is C26H34N6O5S. The second-order valence-corrected chi connectivity index (χ2v) is 12.7. The van der Waals surface area contributed by atoms with E-state index in [1.165, 1.54) is 6.92 Å². The number of benzene rings is 1. The molecule has 2 amide bonds. The third-order valence-electron chi connectivity index (χ3n) is 8.15. The van der Waals surface area contributed by atoms with Gasteiger partial charge in [0.2, 0.25) is 11.8 Å². The van der Waals surface area contributed by atoms with Crippen LogP contribution >= 0.6 is 0 Å². The first-order chi connectivity index (χ1) is 18.2. The first kappa shape index (κ1) is 25.5. The standard InChI is InChI=1S/C26H34N6O5S/c1-19(33)28-21-14-20-2-3-23(15-24(20)27-16-21)29-10-12-31(13-11-29)38(35,36)30-8-6-26(7-9-30)18-32(22-4-5-22)25(34)17-37-26/h2-3,14-16,22H,4-13,17-18H2,1H3,(H,28,33). The lowest BCUT2D eigenvalue weighted by Gasteiger charge is -2.47. The van der Waals surface area contributed by atoms with E-state index in [4.69, 9.17) is 4.74 Å². The molecular weight excluding hydrogens is 508 g/mol. The van der Waals surface area contributed by atoms with Gasteiger partial charge >= 0.3 is 0 Å². The van der Waals surface area contributed by atoms with E-state index in [0.717, 1.165) is 29.4 Å². The Hall–Kier alpha value is -2.80. The largest absolute Gasteiger partial charge is 0.369 e. The van der Waals surface area contributed by atoms with Crippen molar-refractivity contribution < 1.29 is 22.7 Å². The third-order valence-corrected chi connectivity index (χ3v) is 10.2. The molecule has 0 unspecified atom stereocenters. The topological polar surface area (TPSA) is 115 Å². The van der Waals surface area contributed by atoms with E-state index in [1.54, 1.807) is 14.8 Å². The molecule has 38 heavy (non-hydrogen) atoms. The highest BCUT2D eigenvalue weighted by atomic mass is 32.2. The zero-order valence-corrected chi connectivity index (χ0v) is 22.5. The van der Waals surface area contributed by atoms with Gasteiger partial charge in [0, 0.05) is 63.3 Å². The first-order valence-corrected chi connectivity index (χ1v) is 14.7. The van der Waals surface area contributed by atoms with Crippen LogP contribution in [0.15, 0.2) is 30.5 Å². The van der Waals surface area contributed by atoms with Gasteiger partial charge < -0.3 is 19.9 Å². The Morgan fingerprint density at radius 3 is 2.45 bits per heavy atom. The lowest BCUT2D eigenvalue weighted by Crippen LogP contribution is -2.61. The zero-order valence-electron chi connectivity index (χ0n) is 21.6. The summed E-state index contributed by atoms with van der Waals surface area (Å²) in [6.45, 7) is 4.98. The number of carbonyl (C=O) groups is 2. The zero-order chi connectivity index (χ0) is 26.5. The van der Waals surface area contributed by atoms with Gasteiger partial charge in [-0.25, -0.2) is 0 Å². The van der Waals surface area contributed by atoms with Crippen LogP contribution in [0, 0.1) is 0 Å². The summed E-state index contributed by atoms with van der Waals surface area (Å²) >= 11 is 0. The van der Waals surface area contributed by atoms with Crippen molar-refractivity contribution in [2.45, 2.75) is 44.2 Å². The Morgan fingerprint density at radius 2 is 1.76 bits per heavy atom. The lowest BCUT2D eigenvalue weighted by molar-refractivity contribution is -0.170. The summed E-state index contributed by atoms with van der Waals surface area (Å²) in [5, 5.41) is 3.67. The molecule has 1 aliphatic carbocycles. The molecule has 2 aromatic rings. The minimum absolute atomic E-state index is 0.0583. The van der Waals surface area contributed by atoms with Crippen molar-refractivity contribution in [3.8, 4) is 0 Å². The number of fused-ring (bicyclic) bond motifs is 1. The van der Waals surface area contributed by atoms with Crippen LogP contribution in [-0.2, 0) is 24.5 Å². The van der Waals surface area contributed by atoms with Crippen molar-refractivity contribution in [2.24, 2.45) is 0 Å². The number of ether oxygens (including phenoxy) is 1. The average Bonchev–Trinajstić information content (AvgIpc) is 3.76. The predicted molar refractivity (Wildman–Crippen MR) is 143 cm³/mol. The summed E-state index contributed by atoms with van der Waals surface area (Å²) in [4.78, 5) is 32.2. The Morgan fingerprint density at radius 1 is 1.05 bits per heavy atom. The molecule has 1 aromatic heterocycles. The number of nitrogens with one attached hydrogen (secondary N) is 1. The van der Waals surface area contributed by atoms with E-state index in [1.807, 2.05) is 29.2 Å². The van der Waals surface area contributed by atoms with Crippen molar-refractivity contribution >= 4 is 44.3 Å². The fourth-order valence-corrected chi connectivity index (χ4v) is 7.40. The number of carbonyl (C=O) groups excluding carboxylic acids is 2. The van der Waals surface area contributed by atoms with Crippen molar-refractivity contribution in [1.29, 1.82) is 0 Å². The van der Waals surface area contributed by atoms with Gasteiger partial charge in [-0.15, -0.1) is 0 Å². The number of hydrogen-bond acceptors (Lipinski definition) is 7. The highest BCUT2D eigenvalue weighted by molar-refractivity contribution is 7.86. The number of pyridine rings is 1. The number of nitrogens with zero attached hydrogens (tertiary/aromatic N) is 5. The van der Waals surface area contributed by atoms with Crippen molar-refractivity contribution in [3.05, 3.63) is 30.5 Å². The Bertz CT molecular complexity index is 1350. The maximum absolute atomic E-state index is 13.5. The molecule has 3 saturated heterocycles. The Balaban J connectivity index is 1.06. The van der Waals surface area contributed by atoms with Crippen LogP contribution in [0.4, 0.5) is 11.4 Å². The summed E-state index contributed by atoms with van der Waals surface area (Å²) in [6, 6.07) is 8.22. The highest BCUT2D eigenvalue weighted by Gasteiger charge is 2.48. The molecule has 4 heterocycles. The summed E-state index contributed by atoms with van der Waals surface area (Å²) in [6.07, 6.45) is 4.97. The van der Waals surface area contributed by atoms with Crippen molar-refractivity contribution in [1.82, 2.24) is 18.5 Å². The van der Waals surface area contributed by atoms with E-state index in [0.29, 0.717) is 70.4 Å². The van der Waals surface area contributed by atoms with E-state index in [9.17, 15) is 18.0 Å². The van der Waals surface area contributed by atoms with Gasteiger partial charge in [-0.05, 0) is 43.9 Å². The second-order valence-electron chi connectivity index (χ2n) is 10.8. The van der Waals surface area contributed by atoms with Crippen LogP contribution in [0.5, 0.6) is 0 Å². The Kier molecular flexibility index (Phi) is 6.53. The molecule has 0 atom stereocenters. The van der Waals surface area contributed by atoms with E-state index in [2.05, 4.69) is 15.2 Å². The number of rotatable bonds is 5. The number of piperazine rings is 1. The molecule has 11 nitrogen and oxygen atoms in total. The first-order valence-electron chi connectivity index (χ1n) is 13.3. The maximum atomic E-state index is 13.5. The fraction of sp³-hybridized carbons (Fsp3) is 0.577. The normalized spacial score (nSPS) is 23.2. The molecule has 1 spiro atoms. The maximum Gasteiger partial charge on any atom is 0.282 e. The van der Waals surface area contributed by atoms with Gasteiger partial charge in [-0.2, -0.15) is 17.0 Å². The van der Waals surface area contributed by atoms with Gasteiger partial charge in [0.05, 0.1) is 29.5 Å². The van der Waals surface area contributed by atoms with Crippen LogP contribution in [0.1, 0.15) is 32.6 Å². The highest BCUT2D eigenvalue weighted by Crippen LogP contribution is 2.37. The molecule has 1 N–H and O–H groups in total. The van der Waals surface area contributed by atoms with E-state index in [-0.39, 0.29) is 18.4 Å². The molecule has 1 saturated carbocycles. The van der Waals surface area contributed by atoms with Crippen LogP contribution in [0.3, 0.4) is 0 Å². The van der Waals surface area contributed by atoms with Crippen LogP contribution in [-0.4, -0.2) is 103 Å². The summed E-state index contributed by atoms with van der Waals surface area (Å²) in [5.74, 6) is -0.0818. The van der Waals surface area contributed by atoms with Gasteiger partial charge in [-0.1, -0.05) is 6.07 Å². The molecule has 6 rings (SSSR count). The summed E-state index contributed by atoms with van der Waals surface area (Å²) in [7, 11) is -3.57. The van der Waals surface area contributed by atoms with Gasteiger partial charge in [0.1, 0.15) is 6.61 Å². The second kappa shape index (κ2) is 9.74. The summed E-state index contributed by atoms with van der Waals surface area (Å²) in [5.41, 5.74) is 2.05. The molecule has 4 aliphatic rings. The fourth-order valence-electron chi connectivity index (χ4n) is 5.81. The molecule has 204 valence electrons. The van der Waals surface area contributed by atoms with Crippen LogP contribution in [0.2, 0.25) is 0 Å². The molecule has 0 bridgehead atoms. The number of hydrogen-bond donors (Lipinski definition) is 1. The van der Waals surface area contributed by atoms with E-state index >= 15 is 0 Å². The molecule has 1 aromatic carbocycles. The molecule has 12 heteroatoms. The van der Waals surface area contributed by atoms with E-state index < -0.39 is 15.8 Å². The molecule has 4 fully saturated rings. The van der Waals surface area contributed by atoms with Crippen molar-refractivity contribution in [3.63, 3.8) is 0 Å². The number of morpholine rings is 1. The monoisotopic (exact) mass is 542 g/mol. The molecule has 0 radical (unpaired) electrons. The molecule has 3 aliphatic heterocycles. The number of anilines is 2. The summed E-state index contributed by atoms with van der Waals surface area (Å²) < 4.78 is 36.1. The minimum atomic E-state index is -3.57. The number of amides is 2. The van der Waals surface area contributed by atoms with Crippen LogP contribution < -0.4 is 10.2 Å². The quantitative estimate of drug-likeness (QED) is 0.608. The smallest absolute Gasteiger partial charge is 0.282 e. The lowest BCUT2D eigenvalue weighted by atomic mass is 9.90. The van der Waals surface area contributed by atoms with Crippen LogP contribution in [0.25, 0.3) is 10.9 Å². The Labute approximate surface area is 222 Å². The van der Waals surface area contributed by atoms with Crippen molar-refractivity contribution in [2.75, 3.05) is 62.6 Å². The average molecular weight is 543 g/mol. The number of piperidine rings is 1.